The summed E-state index contributed by atoms with van der Waals surface area (Å²) in [6.07, 6.45) is 7.31. The molecule has 1 aromatic carbocycles. The molecule has 0 spiro atoms. The summed E-state index contributed by atoms with van der Waals surface area (Å²) in [5, 5.41) is 12.0. The topological polar surface area (TPSA) is 82.4 Å². The lowest BCUT2D eigenvalue weighted by atomic mass is 9.94. The van der Waals surface area contributed by atoms with E-state index in [1.54, 1.807) is 30.5 Å². The highest BCUT2D eigenvalue weighted by molar-refractivity contribution is 6.09. The van der Waals surface area contributed by atoms with Crippen LogP contribution < -0.4 is 5.32 Å². The lowest BCUT2D eigenvalue weighted by Gasteiger charge is -2.30. The monoisotopic (exact) mass is 341 g/mol. The van der Waals surface area contributed by atoms with Crippen LogP contribution in [-0.2, 0) is 9.53 Å². The fraction of sp³-hybridized carbons (Fsp3) is 0.421. The van der Waals surface area contributed by atoms with Crippen molar-refractivity contribution >= 4 is 17.6 Å². The van der Waals surface area contributed by atoms with Crippen LogP contribution in [0.4, 0.5) is 5.69 Å². The molecule has 1 amide bonds. The summed E-state index contributed by atoms with van der Waals surface area (Å²) in [7, 11) is 3.17. The Balaban J connectivity index is 2.14. The summed E-state index contributed by atoms with van der Waals surface area (Å²) in [5.41, 5.74) is 0.574. The molecular weight excluding hydrogens is 318 g/mol. The molecule has 0 atom stereocenters. The zero-order valence-corrected chi connectivity index (χ0v) is 14.6. The normalized spacial score (nSPS) is 15.2. The third kappa shape index (κ3) is 4.83. The number of anilines is 1. The van der Waals surface area contributed by atoms with Crippen molar-refractivity contribution in [2.24, 2.45) is 0 Å². The second kappa shape index (κ2) is 8.88. The van der Waals surface area contributed by atoms with E-state index in [2.05, 4.69) is 5.32 Å². The fourth-order valence-corrected chi connectivity index (χ4v) is 3.01. The summed E-state index contributed by atoms with van der Waals surface area (Å²) < 4.78 is 4.71. The Kier molecular flexibility index (Phi) is 6.58. The number of esters is 1. The van der Waals surface area contributed by atoms with Gasteiger partial charge in [0, 0.05) is 19.3 Å². The third-order valence-corrected chi connectivity index (χ3v) is 4.43. The maximum Gasteiger partial charge on any atom is 0.339 e. The molecule has 1 aromatic rings. The second-order valence-corrected chi connectivity index (χ2v) is 6.10. The molecule has 1 saturated carbocycles. The summed E-state index contributed by atoms with van der Waals surface area (Å²) in [4.78, 5) is 26.2. The highest BCUT2D eigenvalue weighted by atomic mass is 16.5. The number of hydrogen-bond donors (Lipinski definition) is 1. The number of para-hydroxylation sites is 1. The molecule has 0 unspecified atom stereocenters. The Labute approximate surface area is 148 Å². The van der Waals surface area contributed by atoms with E-state index in [0.29, 0.717) is 11.7 Å². The number of hydrogen-bond acceptors (Lipinski definition) is 5. The Bertz CT molecular complexity index is 700. The molecule has 1 N–H and O–H groups in total. The SMILES string of the molecule is COC(=O)c1ccccc1NC(=O)/C(C#N)=C\N(C)C1CCCCC1. The third-order valence-electron chi connectivity index (χ3n) is 4.43. The van der Waals surface area contributed by atoms with Crippen LogP contribution in [0.3, 0.4) is 0 Å². The molecule has 0 bridgehead atoms. The van der Waals surface area contributed by atoms with Crippen molar-refractivity contribution in [3.05, 3.63) is 41.6 Å². The van der Waals surface area contributed by atoms with Crippen LogP contribution in [0.1, 0.15) is 42.5 Å². The van der Waals surface area contributed by atoms with Gasteiger partial charge in [-0.1, -0.05) is 31.4 Å². The van der Waals surface area contributed by atoms with E-state index in [0.717, 1.165) is 12.8 Å². The second-order valence-electron chi connectivity index (χ2n) is 6.10. The molecule has 25 heavy (non-hydrogen) atoms. The number of carbonyl (C=O) groups is 2. The molecule has 1 fully saturated rings. The molecule has 6 nitrogen and oxygen atoms in total. The van der Waals surface area contributed by atoms with Crippen molar-refractivity contribution < 1.29 is 14.3 Å². The van der Waals surface area contributed by atoms with Gasteiger partial charge in [0.05, 0.1) is 18.4 Å². The Hall–Kier alpha value is -2.81. The van der Waals surface area contributed by atoms with Gasteiger partial charge in [-0.15, -0.1) is 0 Å². The van der Waals surface area contributed by atoms with Gasteiger partial charge in [-0.05, 0) is 25.0 Å². The van der Waals surface area contributed by atoms with Crippen LogP contribution in [-0.4, -0.2) is 37.0 Å². The first-order valence-electron chi connectivity index (χ1n) is 8.39. The molecular formula is C19H23N3O3. The number of benzene rings is 1. The number of nitrogens with one attached hydrogen (secondary N) is 1. The van der Waals surface area contributed by atoms with E-state index in [9.17, 15) is 14.9 Å². The van der Waals surface area contributed by atoms with Crippen LogP contribution in [0.25, 0.3) is 0 Å². The van der Waals surface area contributed by atoms with Crippen LogP contribution in [0.15, 0.2) is 36.0 Å². The van der Waals surface area contributed by atoms with Crippen molar-refractivity contribution in [2.75, 3.05) is 19.5 Å². The summed E-state index contributed by atoms with van der Waals surface area (Å²) in [6, 6.07) is 8.84. The number of nitrogens with zero attached hydrogens (tertiary/aromatic N) is 2. The molecule has 0 radical (unpaired) electrons. The van der Waals surface area contributed by atoms with Gasteiger partial charge < -0.3 is 15.0 Å². The minimum absolute atomic E-state index is 0.00717. The van der Waals surface area contributed by atoms with E-state index in [1.807, 2.05) is 18.0 Å². The van der Waals surface area contributed by atoms with E-state index < -0.39 is 11.9 Å². The molecule has 0 aliphatic heterocycles. The van der Waals surface area contributed by atoms with E-state index >= 15 is 0 Å². The zero-order chi connectivity index (χ0) is 18.2. The van der Waals surface area contributed by atoms with Crippen molar-refractivity contribution in [3.8, 4) is 6.07 Å². The van der Waals surface area contributed by atoms with Crippen molar-refractivity contribution in [1.29, 1.82) is 5.26 Å². The maximum atomic E-state index is 12.4. The average Bonchev–Trinajstić information content (AvgIpc) is 2.66. The zero-order valence-electron chi connectivity index (χ0n) is 14.6. The first kappa shape index (κ1) is 18.5. The summed E-state index contributed by atoms with van der Waals surface area (Å²) in [6.45, 7) is 0. The Morgan fingerprint density at radius 2 is 1.96 bits per heavy atom. The van der Waals surface area contributed by atoms with Crippen LogP contribution in [0.5, 0.6) is 0 Å². The fourth-order valence-electron chi connectivity index (χ4n) is 3.01. The maximum absolute atomic E-state index is 12.4. The number of rotatable bonds is 5. The number of methoxy groups -OCH3 is 1. The van der Waals surface area contributed by atoms with E-state index in [-0.39, 0.29) is 11.1 Å². The first-order valence-corrected chi connectivity index (χ1v) is 8.39. The minimum Gasteiger partial charge on any atom is -0.465 e. The van der Waals surface area contributed by atoms with Gasteiger partial charge >= 0.3 is 5.97 Å². The number of ether oxygens (including phenoxy) is 1. The van der Waals surface area contributed by atoms with Crippen molar-refractivity contribution in [2.45, 2.75) is 38.1 Å². The lowest BCUT2D eigenvalue weighted by Crippen LogP contribution is -2.30. The molecule has 1 aliphatic carbocycles. The van der Waals surface area contributed by atoms with Gasteiger partial charge in [-0.25, -0.2) is 4.79 Å². The van der Waals surface area contributed by atoms with Crippen molar-refractivity contribution in [3.63, 3.8) is 0 Å². The molecule has 0 heterocycles. The summed E-state index contributed by atoms with van der Waals surface area (Å²) in [5.74, 6) is -1.08. The Morgan fingerprint density at radius 3 is 2.60 bits per heavy atom. The van der Waals surface area contributed by atoms with Gasteiger partial charge in [-0.2, -0.15) is 5.26 Å². The highest BCUT2D eigenvalue weighted by Crippen LogP contribution is 2.22. The van der Waals surface area contributed by atoms with Gasteiger partial charge in [0.15, 0.2) is 0 Å². The molecule has 1 aliphatic rings. The van der Waals surface area contributed by atoms with Gasteiger partial charge in [0.2, 0.25) is 0 Å². The van der Waals surface area contributed by atoms with E-state index in [4.69, 9.17) is 4.74 Å². The first-order chi connectivity index (χ1) is 12.1. The minimum atomic E-state index is -0.544. The van der Waals surface area contributed by atoms with Crippen LogP contribution >= 0.6 is 0 Å². The number of nitriles is 1. The predicted octanol–water partition coefficient (Wildman–Crippen LogP) is 3.08. The number of carbonyl (C=O) groups excluding carboxylic acids is 2. The molecule has 6 heteroatoms. The van der Waals surface area contributed by atoms with E-state index in [1.165, 1.54) is 26.4 Å². The van der Waals surface area contributed by atoms with Gasteiger partial charge in [0.1, 0.15) is 11.6 Å². The van der Waals surface area contributed by atoms with Crippen LogP contribution in [0.2, 0.25) is 0 Å². The lowest BCUT2D eigenvalue weighted by molar-refractivity contribution is -0.112. The predicted molar refractivity (Wildman–Crippen MR) is 94.7 cm³/mol. The van der Waals surface area contributed by atoms with Gasteiger partial charge in [-0.3, -0.25) is 4.79 Å². The average molecular weight is 341 g/mol. The van der Waals surface area contributed by atoms with Crippen molar-refractivity contribution in [1.82, 2.24) is 4.90 Å². The smallest absolute Gasteiger partial charge is 0.339 e. The summed E-state index contributed by atoms with van der Waals surface area (Å²) >= 11 is 0. The molecule has 2 rings (SSSR count). The van der Waals surface area contributed by atoms with Crippen LogP contribution in [0, 0.1) is 11.3 Å². The standard InChI is InChI=1S/C19H23N3O3/c1-22(15-8-4-3-5-9-15)13-14(12-20)18(23)21-17-11-7-6-10-16(17)19(24)25-2/h6-7,10-11,13,15H,3-5,8-9H2,1-2H3,(H,21,23)/b14-13-. The Morgan fingerprint density at radius 1 is 1.28 bits per heavy atom. The highest BCUT2D eigenvalue weighted by Gasteiger charge is 2.19. The van der Waals surface area contributed by atoms with Gasteiger partial charge in [0.25, 0.3) is 5.91 Å². The largest absolute Gasteiger partial charge is 0.465 e. The molecule has 0 saturated heterocycles. The molecule has 132 valence electrons. The number of amides is 1. The molecule has 0 aromatic heterocycles. The quantitative estimate of drug-likeness (QED) is 0.505.